The van der Waals surface area contributed by atoms with E-state index in [2.05, 4.69) is 24.1 Å². The van der Waals surface area contributed by atoms with Crippen molar-refractivity contribution in [1.29, 1.82) is 0 Å². The fourth-order valence-corrected chi connectivity index (χ4v) is 1.34. The first-order valence-electron chi connectivity index (χ1n) is 5.81. The average Bonchev–Trinajstić information content (AvgIpc) is 2.15. The molecule has 0 aliphatic heterocycles. The van der Waals surface area contributed by atoms with Gasteiger partial charge < -0.3 is 15.3 Å². The van der Waals surface area contributed by atoms with Gasteiger partial charge in [-0.2, -0.15) is 0 Å². The lowest BCUT2D eigenvalue weighted by Crippen LogP contribution is -2.56. The molecule has 0 spiro atoms. The molecule has 0 heterocycles. The molecule has 0 bridgehead atoms. The van der Waals surface area contributed by atoms with Crippen LogP contribution in [0.3, 0.4) is 0 Å². The lowest BCUT2D eigenvalue weighted by Gasteiger charge is -2.36. The molecule has 0 radical (unpaired) electrons. The SMILES string of the molecule is CCCC(C)(NCC(C)(C)N(C)C)C(=O)O. The van der Waals surface area contributed by atoms with Crippen molar-refractivity contribution in [1.82, 2.24) is 10.2 Å². The molecule has 0 saturated carbocycles. The number of nitrogens with zero attached hydrogens (tertiary/aromatic N) is 1. The molecule has 0 aliphatic rings. The molecule has 0 aliphatic carbocycles. The van der Waals surface area contributed by atoms with E-state index in [4.69, 9.17) is 0 Å². The van der Waals surface area contributed by atoms with Crippen molar-refractivity contribution in [2.45, 2.75) is 51.6 Å². The Balaban J connectivity index is 4.50. The lowest BCUT2D eigenvalue weighted by molar-refractivity contribution is -0.144. The monoisotopic (exact) mass is 230 g/mol. The molecule has 1 unspecified atom stereocenters. The Labute approximate surface area is 99.0 Å². The second-order valence-corrected chi connectivity index (χ2v) is 5.45. The summed E-state index contributed by atoms with van der Waals surface area (Å²) in [6, 6.07) is 0. The van der Waals surface area contributed by atoms with E-state index in [1.807, 2.05) is 21.0 Å². The molecule has 0 fully saturated rings. The van der Waals surface area contributed by atoms with Crippen LogP contribution in [0, 0.1) is 0 Å². The highest BCUT2D eigenvalue weighted by Gasteiger charge is 2.34. The smallest absolute Gasteiger partial charge is 0.323 e. The zero-order chi connectivity index (χ0) is 13.0. The maximum absolute atomic E-state index is 11.2. The molecule has 2 N–H and O–H groups in total. The van der Waals surface area contributed by atoms with Gasteiger partial charge in [0.1, 0.15) is 5.54 Å². The second-order valence-electron chi connectivity index (χ2n) is 5.45. The molecule has 16 heavy (non-hydrogen) atoms. The minimum absolute atomic E-state index is 0.0511. The first-order chi connectivity index (χ1) is 7.15. The van der Waals surface area contributed by atoms with Crippen molar-refractivity contribution in [2.75, 3.05) is 20.6 Å². The van der Waals surface area contributed by atoms with E-state index < -0.39 is 11.5 Å². The summed E-state index contributed by atoms with van der Waals surface area (Å²) in [5, 5.41) is 12.4. The standard InChI is InChI=1S/C12H26N2O2/c1-7-8-12(4,10(15)16)13-9-11(2,3)14(5)6/h13H,7-9H2,1-6H3,(H,15,16). The van der Waals surface area contributed by atoms with E-state index in [-0.39, 0.29) is 5.54 Å². The van der Waals surface area contributed by atoms with E-state index in [1.54, 1.807) is 6.92 Å². The summed E-state index contributed by atoms with van der Waals surface area (Å²) in [5.41, 5.74) is -0.869. The fraction of sp³-hybridized carbons (Fsp3) is 0.917. The molecular weight excluding hydrogens is 204 g/mol. The Bertz CT molecular complexity index is 239. The molecular formula is C12H26N2O2. The Morgan fingerprint density at radius 1 is 1.31 bits per heavy atom. The lowest BCUT2D eigenvalue weighted by atomic mass is 9.94. The summed E-state index contributed by atoms with van der Waals surface area (Å²) < 4.78 is 0. The third kappa shape index (κ3) is 4.10. The number of rotatable bonds is 7. The highest BCUT2D eigenvalue weighted by atomic mass is 16.4. The van der Waals surface area contributed by atoms with E-state index in [1.165, 1.54) is 0 Å². The van der Waals surface area contributed by atoms with Crippen molar-refractivity contribution in [3.63, 3.8) is 0 Å². The number of hydrogen-bond acceptors (Lipinski definition) is 3. The molecule has 0 aromatic heterocycles. The van der Waals surface area contributed by atoms with Crippen LogP contribution in [0.1, 0.15) is 40.5 Å². The van der Waals surface area contributed by atoms with Gasteiger partial charge in [0.05, 0.1) is 0 Å². The molecule has 4 nitrogen and oxygen atoms in total. The summed E-state index contributed by atoms with van der Waals surface area (Å²) in [5.74, 6) is -0.774. The van der Waals surface area contributed by atoms with Gasteiger partial charge in [-0.25, -0.2) is 0 Å². The Morgan fingerprint density at radius 3 is 2.12 bits per heavy atom. The van der Waals surface area contributed by atoms with Gasteiger partial charge in [0.25, 0.3) is 0 Å². The predicted octanol–water partition coefficient (Wildman–Crippen LogP) is 1.56. The van der Waals surface area contributed by atoms with E-state index in [0.29, 0.717) is 13.0 Å². The number of carboxylic acid groups (broad SMARTS) is 1. The van der Waals surface area contributed by atoms with E-state index >= 15 is 0 Å². The van der Waals surface area contributed by atoms with Gasteiger partial charge in [-0.1, -0.05) is 13.3 Å². The van der Waals surface area contributed by atoms with Crippen LogP contribution in [0.5, 0.6) is 0 Å². The van der Waals surface area contributed by atoms with Gasteiger partial charge in [0.15, 0.2) is 0 Å². The fourth-order valence-electron chi connectivity index (χ4n) is 1.34. The molecule has 0 rings (SSSR count). The minimum atomic E-state index is -0.817. The first-order valence-corrected chi connectivity index (χ1v) is 5.81. The molecule has 4 heteroatoms. The second kappa shape index (κ2) is 5.64. The first kappa shape index (κ1) is 15.4. The number of carboxylic acids is 1. The zero-order valence-corrected chi connectivity index (χ0v) is 11.4. The van der Waals surface area contributed by atoms with Gasteiger partial charge in [-0.15, -0.1) is 0 Å². The Kier molecular flexibility index (Phi) is 5.42. The normalized spacial score (nSPS) is 16.2. The van der Waals surface area contributed by atoms with Gasteiger partial charge in [0, 0.05) is 12.1 Å². The third-order valence-corrected chi connectivity index (χ3v) is 3.34. The molecule has 96 valence electrons. The van der Waals surface area contributed by atoms with Crippen molar-refractivity contribution in [2.24, 2.45) is 0 Å². The highest BCUT2D eigenvalue weighted by molar-refractivity contribution is 5.78. The summed E-state index contributed by atoms with van der Waals surface area (Å²) in [6.45, 7) is 8.59. The summed E-state index contributed by atoms with van der Waals surface area (Å²) >= 11 is 0. The molecule has 0 aromatic carbocycles. The van der Waals surface area contributed by atoms with Crippen molar-refractivity contribution >= 4 is 5.97 Å². The highest BCUT2D eigenvalue weighted by Crippen LogP contribution is 2.16. The van der Waals surface area contributed by atoms with Crippen LogP contribution in [-0.2, 0) is 4.79 Å². The average molecular weight is 230 g/mol. The summed E-state index contributed by atoms with van der Waals surface area (Å²) in [4.78, 5) is 13.3. The number of hydrogen-bond donors (Lipinski definition) is 2. The molecule has 0 amide bonds. The van der Waals surface area contributed by atoms with Gasteiger partial charge in [-0.05, 0) is 41.3 Å². The van der Waals surface area contributed by atoms with Gasteiger partial charge in [0.2, 0.25) is 0 Å². The van der Waals surface area contributed by atoms with Crippen LogP contribution in [-0.4, -0.2) is 47.7 Å². The van der Waals surface area contributed by atoms with E-state index in [9.17, 15) is 9.90 Å². The Hall–Kier alpha value is -0.610. The van der Waals surface area contributed by atoms with Crippen LogP contribution in [0.2, 0.25) is 0 Å². The van der Waals surface area contributed by atoms with Crippen molar-refractivity contribution < 1.29 is 9.90 Å². The number of aliphatic carboxylic acids is 1. The van der Waals surface area contributed by atoms with Crippen molar-refractivity contribution in [3.8, 4) is 0 Å². The van der Waals surface area contributed by atoms with Gasteiger partial charge >= 0.3 is 5.97 Å². The van der Waals surface area contributed by atoms with Crippen LogP contribution in [0.15, 0.2) is 0 Å². The maximum atomic E-state index is 11.2. The van der Waals surface area contributed by atoms with Crippen molar-refractivity contribution in [3.05, 3.63) is 0 Å². The topological polar surface area (TPSA) is 52.6 Å². The van der Waals surface area contributed by atoms with Gasteiger partial charge in [-0.3, -0.25) is 4.79 Å². The summed E-state index contributed by atoms with van der Waals surface area (Å²) in [6.07, 6.45) is 1.50. The number of likely N-dealkylation sites (N-methyl/N-ethyl adjacent to an activating group) is 1. The Morgan fingerprint density at radius 2 is 1.81 bits per heavy atom. The quantitative estimate of drug-likeness (QED) is 0.697. The number of nitrogens with one attached hydrogen (secondary N) is 1. The minimum Gasteiger partial charge on any atom is -0.480 e. The number of carbonyl (C=O) groups is 1. The van der Waals surface area contributed by atoms with Crippen LogP contribution < -0.4 is 5.32 Å². The predicted molar refractivity (Wildman–Crippen MR) is 66.7 cm³/mol. The molecule has 1 atom stereocenters. The van der Waals surface area contributed by atoms with Crippen LogP contribution in [0.25, 0.3) is 0 Å². The van der Waals surface area contributed by atoms with Crippen LogP contribution in [0.4, 0.5) is 0 Å². The third-order valence-electron chi connectivity index (χ3n) is 3.34. The molecule has 0 saturated heterocycles. The summed E-state index contributed by atoms with van der Waals surface area (Å²) in [7, 11) is 4.00. The van der Waals surface area contributed by atoms with E-state index in [0.717, 1.165) is 6.42 Å². The maximum Gasteiger partial charge on any atom is 0.323 e. The zero-order valence-electron chi connectivity index (χ0n) is 11.4. The van der Waals surface area contributed by atoms with Crippen LogP contribution >= 0.6 is 0 Å². The molecule has 0 aromatic rings. The largest absolute Gasteiger partial charge is 0.480 e.